The number of ether oxygens (including phenoxy) is 1. The van der Waals surface area contributed by atoms with Gasteiger partial charge in [-0.1, -0.05) is 12.1 Å². The number of rotatable bonds is 4. The molecule has 0 saturated carbocycles. The summed E-state index contributed by atoms with van der Waals surface area (Å²) in [7, 11) is 1.67. The number of methoxy groups -OCH3 is 1. The SMILES string of the molecule is CCNc1nc(-c2cccc(OC)c2)nc2c1CSC2. The first-order valence-corrected chi connectivity index (χ1v) is 7.83. The Bertz CT molecular complexity index is 631. The number of hydrogen-bond donors (Lipinski definition) is 1. The van der Waals surface area contributed by atoms with E-state index < -0.39 is 0 Å². The van der Waals surface area contributed by atoms with Crippen LogP contribution in [0.5, 0.6) is 5.75 Å². The van der Waals surface area contributed by atoms with Crippen molar-refractivity contribution in [3.8, 4) is 17.1 Å². The lowest BCUT2D eigenvalue weighted by Gasteiger charge is -2.11. The maximum absolute atomic E-state index is 5.27. The molecule has 0 saturated heterocycles. The average Bonchev–Trinajstić information content (AvgIpc) is 2.96. The number of fused-ring (bicyclic) bond motifs is 1. The average molecular weight is 287 g/mol. The lowest BCUT2D eigenvalue weighted by molar-refractivity contribution is 0.415. The quantitative estimate of drug-likeness (QED) is 0.934. The summed E-state index contributed by atoms with van der Waals surface area (Å²) in [5.41, 5.74) is 3.39. The van der Waals surface area contributed by atoms with Gasteiger partial charge in [-0.15, -0.1) is 0 Å². The van der Waals surface area contributed by atoms with Crippen molar-refractivity contribution in [3.63, 3.8) is 0 Å². The predicted octanol–water partition coefficient (Wildman–Crippen LogP) is 3.33. The molecule has 0 spiro atoms. The van der Waals surface area contributed by atoms with Gasteiger partial charge in [-0.2, -0.15) is 11.8 Å². The molecule has 1 aromatic carbocycles. The molecular formula is C15H17N3OS. The molecule has 1 aromatic heterocycles. The molecule has 5 heteroatoms. The topological polar surface area (TPSA) is 47.0 Å². The number of nitrogens with one attached hydrogen (secondary N) is 1. The summed E-state index contributed by atoms with van der Waals surface area (Å²) in [5.74, 6) is 4.52. The lowest BCUT2D eigenvalue weighted by atomic mass is 10.1. The molecule has 1 aliphatic rings. The monoisotopic (exact) mass is 287 g/mol. The van der Waals surface area contributed by atoms with E-state index in [1.807, 2.05) is 36.0 Å². The zero-order valence-corrected chi connectivity index (χ0v) is 12.5. The van der Waals surface area contributed by atoms with E-state index in [9.17, 15) is 0 Å². The fraction of sp³-hybridized carbons (Fsp3) is 0.333. The summed E-state index contributed by atoms with van der Waals surface area (Å²) >= 11 is 1.89. The Morgan fingerprint density at radius 1 is 1.30 bits per heavy atom. The highest BCUT2D eigenvalue weighted by atomic mass is 32.2. The minimum absolute atomic E-state index is 0.765. The Morgan fingerprint density at radius 3 is 3.00 bits per heavy atom. The first kappa shape index (κ1) is 13.2. The second kappa shape index (κ2) is 5.71. The molecule has 1 aliphatic heterocycles. The molecule has 4 nitrogen and oxygen atoms in total. The summed E-state index contributed by atoms with van der Waals surface area (Å²) < 4.78 is 5.27. The van der Waals surface area contributed by atoms with Gasteiger partial charge >= 0.3 is 0 Å². The van der Waals surface area contributed by atoms with Crippen LogP contribution in [0, 0.1) is 0 Å². The van der Waals surface area contributed by atoms with E-state index >= 15 is 0 Å². The molecule has 1 N–H and O–H groups in total. The molecule has 0 unspecified atom stereocenters. The highest BCUT2D eigenvalue weighted by molar-refractivity contribution is 7.98. The second-order valence-corrected chi connectivity index (χ2v) is 5.56. The van der Waals surface area contributed by atoms with Gasteiger partial charge in [0.05, 0.1) is 12.8 Å². The molecule has 2 aromatic rings. The number of anilines is 1. The number of benzene rings is 1. The summed E-state index contributed by atoms with van der Waals surface area (Å²) in [6, 6.07) is 7.88. The van der Waals surface area contributed by atoms with E-state index in [4.69, 9.17) is 9.72 Å². The summed E-state index contributed by atoms with van der Waals surface area (Å²) in [6.45, 7) is 2.95. The van der Waals surface area contributed by atoms with Crippen molar-refractivity contribution >= 4 is 17.6 Å². The van der Waals surface area contributed by atoms with Crippen LogP contribution < -0.4 is 10.1 Å². The molecule has 20 heavy (non-hydrogen) atoms. The van der Waals surface area contributed by atoms with E-state index in [1.54, 1.807) is 7.11 Å². The largest absolute Gasteiger partial charge is 0.497 e. The Morgan fingerprint density at radius 2 is 2.20 bits per heavy atom. The molecule has 0 amide bonds. The van der Waals surface area contributed by atoms with E-state index in [-0.39, 0.29) is 0 Å². The molecule has 0 bridgehead atoms. The van der Waals surface area contributed by atoms with Gasteiger partial charge in [0.1, 0.15) is 11.6 Å². The molecular weight excluding hydrogens is 270 g/mol. The number of aromatic nitrogens is 2. The van der Waals surface area contributed by atoms with Crippen LogP contribution in [0.4, 0.5) is 5.82 Å². The van der Waals surface area contributed by atoms with Crippen LogP contribution in [0.15, 0.2) is 24.3 Å². The van der Waals surface area contributed by atoms with Crippen LogP contribution in [0.2, 0.25) is 0 Å². The van der Waals surface area contributed by atoms with Crippen LogP contribution >= 0.6 is 11.8 Å². The van der Waals surface area contributed by atoms with Crippen molar-refractivity contribution in [1.29, 1.82) is 0 Å². The molecule has 0 radical (unpaired) electrons. The van der Waals surface area contributed by atoms with Crippen molar-refractivity contribution in [2.45, 2.75) is 18.4 Å². The standard InChI is InChI=1S/C15H17N3OS/c1-3-16-15-12-8-20-9-13(12)17-14(18-15)10-5-4-6-11(7-10)19-2/h4-7H,3,8-9H2,1-2H3,(H,16,17,18). The molecule has 0 aliphatic carbocycles. The Labute approximate surface area is 123 Å². The van der Waals surface area contributed by atoms with Gasteiger partial charge in [0.2, 0.25) is 0 Å². The highest BCUT2D eigenvalue weighted by Gasteiger charge is 2.20. The first-order chi connectivity index (χ1) is 9.81. The molecule has 0 fully saturated rings. The smallest absolute Gasteiger partial charge is 0.161 e. The van der Waals surface area contributed by atoms with Gasteiger partial charge in [0.25, 0.3) is 0 Å². The number of nitrogens with zero attached hydrogens (tertiary/aromatic N) is 2. The normalized spacial score (nSPS) is 13.1. The van der Waals surface area contributed by atoms with E-state index in [0.717, 1.165) is 46.7 Å². The Balaban J connectivity index is 2.07. The van der Waals surface area contributed by atoms with Gasteiger partial charge in [-0.05, 0) is 19.1 Å². The van der Waals surface area contributed by atoms with Crippen molar-refractivity contribution in [2.24, 2.45) is 0 Å². The van der Waals surface area contributed by atoms with E-state index in [2.05, 4.69) is 17.2 Å². The van der Waals surface area contributed by atoms with Gasteiger partial charge in [-0.25, -0.2) is 9.97 Å². The molecule has 3 rings (SSSR count). The van der Waals surface area contributed by atoms with Gasteiger partial charge in [-0.3, -0.25) is 0 Å². The van der Waals surface area contributed by atoms with E-state index in [1.165, 1.54) is 5.56 Å². The van der Waals surface area contributed by atoms with Crippen molar-refractivity contribution < 1.29 is 4.74 Å². The molecule has 2 heterocycles. The Hall–Kier alpha value is -1.75. The van der Waals surface area contributed by atoms with Gasteiger partial charge < -0.3 is 10.1 Å². The molecule has 104 valence electrons. The number of hydrogen-bond acceptors (Lipinski definition) is 5. The highest BCUT2D eigenvalue weighted by Crippen LogP contribution is 2.34. The van der Waals surface area contributed by atoms with Crippen LogP contribution in [0.3, 0.4) is 0 Å². The third kappa shape index (κ3) is 2.45. The maximum Gasteiger partial charge on any atom is 0.161 e. The van der Waals surface area contributed by atoms with E-state index in [0.29, 0.717) is 0 Å². The summed E-state index contributed by atoms with van der Waals surface area (Å²) in [6.07, 6.45) is 0. The van der Waals surface area contributed by atoms with Crippen LogP contribution in [-0.2, 0) is 11.5 Å². The predicted molar refractivity (Wildman–Crippen MR) is 83.2 cm³/mol. The fourth-order valence-electron chi connectivity index (χ4n) is 2.26. The van der Waals surface area contributed by atoms with Crippen molar-refractivity contribution in [3.05, 3.63) is 35.5 Å². The van der Waals surface area contributed by atoms with Crippen LogP contribution in [0.1, 0.15) is 18.2 Å². The number of thioether (sulfide) groups is 1. The van der Waals surface area contributed by atoms with Crippen molar-refractivity contribution in [2.75, 3.05) is 19.0 Å². The summed E-state index contributed by atoms with van der Waals surface area (Å²) in [4.78, 5) is 9.40. The lowest BCUT2D eigenvalue weighted by Crippen LogP contribution is -2.06. The third-order valence-corrected chi connectivity index (χ3v) is 4.22. The van der Waals surface area contributed by atoms with Crippen LogP contribution in [0.25, 0.3) is 11.4 Å². The second-order valence-electron chi connectivity index (χ2n) is 4.58. The maximum atomic E-state index is 5.27. The molecule has 0 atom stereocenters. The van der Waals surface area contributed by atoms with Gasteiger partial charge in [0, 0.05) is 29.2 Å². The van der Waals surface area contributed by atoms with Gasteiger partial charge in [0.15, 0.2) is 5.82 Å². The third-order valence-electron chi connectivity index (χ3n) is 3.25. The minimum atomic E-state index is 0.765. The minimum Gasteiger partial charge on any atom is -0.497 e. The van der Waals surface area contributed by atoms with Crippen LogP contribution in [-0.4, -0.2) is 23.6 Å². The summed E-state index contributed by atoms with van der Waals surface area (Å²) in [5, 5.41) is 3.35. The first-order valence-electron chi connectivity index (χ1n) is 6.67. The zero-order chi connectivity index (χ0) is 13.9. The van der Waals surface area contributed by atoms with Crippen molar-refractivity contribution in [1.82, 2.24) is 9.97 Å². The fourth-order valence-corrected chi connectivity index (χ4v) is 3.30. The Kier molecular flexibility index (Phi) is 3.78. The zero-order valence-electron chi connectivity index (χ0n) is 11.6.